The van der Waals surface area contributed by atoms with Crippen LogP contribution < -0.4 is 10.4 Å². The molecule has 2 heterocycles. The number of alkyl halides is 3. The normalized spacial score (nSPS) is 13.1. The van der Waals surface area contributed by atoms with Gasteiger partial charge in [-0.2, -0.15) is 13.2 Å². The fraction of sp³-hybridized carbons (Fsp3) is 0.324. The lowest BCUT2D eigenvalue weighted by atomic mass is 9.85. The Balaban J connectivity index is 1.59. The first-order valence-corrected chi connectivity index (χ1v) is 17.6. The number of esters is 1. The number of pyridine rings is 1. The number of carbonyl (C=O) groups is 1. The van der Waals surface area contributed by atoms with E-state index in [4.69, 9.17) is 9.16 Å². The molecule has 0 N–H and O–H groups in total. The number of fused-ring (bicyclic) bond motifs is 1. The van der Waals surface area contributed by atoms with E-state index in [2.05, 4.69) is 55.2 Å². The molecule has 0 fully saturated rings. The highest BCUT2D eigenvalue weighted by molar-refractivity contribution is 6.99. The number of rotatable bonds is 10. The van der Waals surface area contributed by atoms with Crippen LogP contribution in [0.1, 0.15) is 73.7 Å². The zero-order valence-electron chi connectivity index (χ0n) is 27.6. The summed E-state index contributed by atoms with van der Waals surface area (Å²) >= 11 is 0. The molecule has 10 heteroatoms. The fourth-order valence-electron chi connectivity index (χ4n) is 6.47. The molecule has 0 saturated carbocycles. The van der Waals surface area contributed by atoms with Gasteiger partial charge >= 0.3 is 12.1 Å². The second-order valence-electron chi connectivity index (χ2n) is 12.8. The largest absolute Gasteiger partial charge is 0.466 e. The molecule has 246 valence electrons. The van der Waals surface area contributed by atoms with E-state index < -0.39 is 32.2 Å². The highest BCUT2D eigenvalue weighted by Crippen LogP contribution is 2.39. The third-order valence-corrected chi connectivity index (χ3v) is 13.8. The van der Waals surface area contributed by atoms with Crippen molar-refractivity contribution in [2.45, 2.75) is 71.7 Å². The molecule has 1 atom stereocenters. The van der Waals surface area contributed by atoms with E-state index in [9.17, 15) is 18.0 Å². The van der Waals surface area contributed by atoms with Crippen molar-refractivity contribution in [1.29, 1.82) is 0 Å². The Kier molecular flexibility index (Phi) is 9.75. The number of hydrogen-bond acceptors (Lipinski definition) is 5. The second-order valence-corrected chi connectivity index (χ2v) is 17.1. The van der Waals surface area contributed by atoms with Crippen LogP contribution in [0.25, 0.3) is 5.65 Å². The van der Waals surface area contributed by atoms with Crippen LogP contribution >= 0.6 is 0 Å². The first-order valence-electron chi connectivity index (χ1n) is 15.7. The van der Waals surface area contributed by atoms with Gasteiger partial charge < -0.3 is 9.16 Å². The number of aromatic nitrogens is 3. The molecule has 0 aliphatic rings. The zero-order valence-corrected chi connectivity index (χ0v) is 28.6. The van der Waals surface area contributed by atoms with E-state index >= 15 is 0 Å². The maximum absolute atomic E-state index is 13.6. The molecule has 0 aliphatic carbocycles. The Bertz CT molecular complexity index is 1810. The summed E-state index contributed by atoms with van der Waals surface area (Å²) in [5.74, 6) is -2.00. The van der Waals surface area contributed by atoms with E-state index in [1.54, 1.807) is 19.9 Å². The fourth-order valence-corrected chi connectivity index (χ4v) is 11.0. The Hall–Kier alpha value is -4.28. The zero-order chi connectivity index (χ0) is 34.0. The van der Waals surface area contributed by atoms with Gasteiger partial charge in [0.15, 0.2) is 5.65 Å². The third-order valence-electron chi connectivity index (χ3n) is 8.81. The van der Waals surface area contributed by atoms with E-state index in [1.165, 1.54) is 16.6 Å². The van der Waals surface area contributed by atoms with Crippen molar-refractivity contribution in [3.8, 4) is 0 Å². The van der Waals surface area contributed by atoms with Gasteiger partial charge in [-0.05, 0) is 70.1 Å². The van der Waals surface area contributed by atoms with Crippen LogP contribution in [0.2, 0.25) is 5.04 Å². The maximum atomic E-state index is 13.6. The molecule has 0 amide bonds. The minimum atomic E-state index is -4.66. The minimum absolute atomic E-state index is 0.00316. The van der Waals surface area contributed by atoms with Crippen LogP contribution in [-0.4, -0.2) is 35.5 Å². The van der Waals surface area contributed by atoms with Gasteiger partial charge in [0.25, 0.3) is 8.32 Å². The summed E-state index contributed by atoms with van der Waals surface area (Å²) in [6, 6.07) is 28.4. The summed E-state index contributed by atoms with van der Waals surface area (Å²) in [4.78, 5) is 12.9. The minimum Gasteiger partial charge on any atom is -0.466 e. The highest BCUT2D eigenvalue weighted by Gasteiger charge is 2.50. The average molecular weight is 660 g/mol. The predicted octanol–water partition coefficient (Wildman–Crippen LogP) is 7.53. The van der Waals surface area contributed by atoms with Crippen LogP contribution in [0.3, 0.4) is 0 Å². The Morgan fingerprint density at radius 1 is 0.894 bits per heavy atom. The lowest BCUT2D eigenvalue weighted by Crippen LogP contribution is -2.66. The van der Waals surface area contributed by atoms with Crippen molar-refractivity contribution < 1.29 is 27.1 Å². The summed E-state index contributed by atoms with van der Waals surface area (Å²) in [6.07, 6.45) is -3.34. The van der Waals surface area contributed by atoms with Crippen LogP contribution in [-0.2, 0) is 26.7 Å². The molecule has 0 aliphatic heterocycles. The van der Waals surface area contributed by atoms with Crippen molar-refractivity contribution in [2.75, 3.05) is 6.61 Å². The molecular weight excluding hydrogens is 620 g/mol. The van der Waals surface area contributed by atoms with Crippen molar-refractivity contribution in [1.82, 2.24) is 14.6 Å². The first kappa shape index (κ1) is 34.1. The van der Waals surface area contributed by atoms with Crippen LogP contribution in [0.15, 0.2) is 91.1 Å². The van der Waals surface area contributed by atoms with Gasteiger partial charge in [-0.15, -0.1) is 10.2 Å². The van der Waals surface area contributed by atoms with Crippen LogP contribution in [0, 0.1) is 13.8 Å². The van der Waals surface area contributed by atoms with Gasteiger partial charge in [0.05, 0.1) is 19.6 Å². The summed E-state index contributed by atoms with van der Waals surface area (Å²) in [5, 5.41) is 9.41. The average Bonchev–Trinajstić information content (AvgIpc) is 3.48. The molecule has 0 unspecified atom stereocenters. The molecule has 6 nitrogen and oxygen atoms in total. The van der Waals surface area contributed by atoms with E-state index in [-0.39, 0.29) is 23.7 Å². The summed E-state index contributed by atoms with van der Waals surface area (Å²) in [6.45, 7) is 12.7. The summed E-state index contributed by atoms with van der Waals surface area (Å²) < 4.78 is 54.3. The smallest absolute Gasteiger partial charge is 0.452 e. The summed E-state index contributed by atoms with van der Waals surface area (Å²) in [5.41, 5.74) is 4.09. The number of nitrogens with zero attached hydrogens (tertiary/aromatic N) is 3. The van der Waals surface area contributed by atoms with Crippen molar-refractivity contribution in [2.24, 2.45) is 0 Å². The molecule has 0 bridgehead atoms. The Morgan fingerprint density at radius 2 is 1.51 bits per heavy atom. The molecule has 5 aromatic rings. The molecule has 0 spiro atoms. The predicted molar refractivity (Wildman–Crippen MR) is 179 cm³/mol. The van der Waals surface area contributed by atoms with Gasteiger partial charge in [0, 0.05) is 12.1 Å². The quantitative estimate of drug-likeness (QED) is 0.115. The Labute approximate surface area is 274 Å². The monoisotopic (exact) mass is 659 g/mol. The summed E-state index contributed by atoms with van der Waals surface area (Å²) in [7, 11) is -2.84. The second kappa shape index (κ2) is 13.4. The molecule has 0 saturated heterocycles. The number of aryl methyl sites for hydroxylation is 2. The van der Waals surface area contributed by atoms with Gasteiger partial charge in [0.2, 0.25) is 5.82 Å². The molecule has 3 aromatic carbocycles. The SMILES string of the molecule is CCOC(=O)C[C@H](c1ccc(C)c(CO[Si](c2ccccc2)(c2ccccc2)C(C)(C)C)c1)c1ccn2c(C(F)(F)F)nnc2c1C. The van der Waals surface area contributed by atoms with Gasteiger partial charge in [-0.25, -0.2) is 0 Å². The topological polar surface area (TPSA) is 65.7 Å². The molecule has 47 heavy (non-hydrogen) atoms. The van der Waals surface area contributed by atoms with Crippen LogP contribution in [0.4, 0.5) is 13.2 Å². The molecular formula is C37H40F3N3O3Si. The van der Waals surface area contributed by atoms with Crippen molar-refractivity contribution >= 4 is 30.3 Å². The van der Waals surface area contributed by atoms with Gasteiger partial charge in [0.1, 0.15) is 0 Å². The van der Waals surface area contributed by atoms with Gasteiger partial charge in [-0.1, -0.05) is 99.6 Å². The lowest BCUT2D eigenvalue weighted by molar-refractivity contribution is -0.145. The number of hydrogen-bond donors (Lipinski definition) is 0. The number of carbonyl (C=O) groups excluding carboxylic acids is 1. The van der Waals surface area contributed by atoms with E-state index in [1.807, 2.05) is 61.5 Å². The standard InChI is InChI=1S/C37H40F3N3O3Si/c1-7-45-33(44)23-32(31-20-21-43-34(26(31)3)41-42-35(43)37(38,39)40)27-19-18-25(2)28(22-27)24-46-47(36(4,5)6,29-14-10-8-11-15-29)30-16-12-9-13-17-30/h8-22,32H,7,23-24H2,1-6H3/t32-/m1/s1. The van der Waals surface area contributed by atoms with E-state index in [0.29, 0.717) is 17.7 Å². The first-order chi connectivity index (χ1) is 22.3. The third kappa shape index (κ3) is 6.75. The number of ether oxygens (including phenoxy) is 1. The van der Waals surface area contributed by atoms with E-state index in [0.717, 1.165) is 21.1 Å². The lowest BCUT2D eigenvalue weighted by Gasteiger charge is -2.43. The van der Waals surface area contributed by atoms with Crippen LogP contribution in [0.5, 0.6) is 0 Å². The highest BCUT2D eigenvalue weighted by atomic mass is 28.4. The van der Waals surface area contributed by atoms with Crippen molar-refractivity contribution in [3.05, 3.63) is 125 Å². The molecule has 2 aromatic heterocycles. The van der Waals surface area contributed by atoms with Gasteiger partial charge in [-0.3, -0.25) is 9.20 Å². The van der Waals surface area contributed by atoms with Crippen molar-refractivity contribution in [3.63, 3.8) is 0 Å². The Morgan fingerprint density at radius 3 is 2.06 bits per heavy atom. The molecule has 5 rings (SSSR count). The number of benzene rings is 3. The molecule has 0 radical (unpaired) electrons. The number of halogens is 3. The maximum Gasteiger partial charge on any atom is 0.452 e.